The lowest BCUT2D eigenvalue weighted by Gasteiger charge is -2.21. The molecule has 0 radical (unpaired) electrons. The van der Waals surface area contributed by atoms with E-state index in [1.807, 2.05) is 18.5 Å². The van der Waals surface area contributed by atoms with E-state index >= 15 is 0 Å². The molecule has 1 atom stereocenters. The molecule has 1 N–H and O–H groups in total. The van der Waals surface area contributed by atoms with Crippen molar-refractivity contribution in [1.29, 1.82) is 0 Å². The number of methoxy groups -OCH3 is 1. The van der Waals surface area contributed by atoms with Crippen LogP contribution in [0, 0.1) is 5.92 Å². The molecule has 33 heavy (non-hydrogen) atoms. The van der Waals surface area contributed by atoms with Crippen LogP contribution < -0.4 is 5.32 Å². The number of nitrogens with zero attached hydrogens (tertiary/aromatic N) is 4. The number of rotatable bonds is 10. The van der Waals surface area contributed by atoms with Crippen molar-refractivity contribution in [2.75, 3.05) is 46.6 Å². The molecule has 2 heterocycles. The second kappa shape index (κ2) is 11.8. The van der Waals surface area contributed by atoms with Gasteiger partial charge in [0.15, 0.2) is 5.96 Å². The van der Waals surface area contributed by atoms with Crippen LogP contribution >= 0.6 is 0 Å². The van der Waals surface area contributed by atoms with Gasteiger partial charge in [0.1, 0.15) is 0 Å². The van der Waals surface area contributed by atoms with Crippen molar-refractivity contribution < 1.29 is 9.47 Å². The summed E-state index contributed by atoms with van der Waals surface area (Å²) in [6.07, 6.45) is 3.05. The van der Waals surface area contributed by atoms with E-state index in [9.17, 15) is 0 Å². The van der Waals surface area contributed by atoms with Crippen molar-refractivity contribution in [3.63, 3.8) is 0 Å². The Morgan fingerprint density at radius 3 is 2.76 bits per heavy atom. The number of benzene rings is 2. The molecular weight excluding hydrogens is 414 g/mol. The molecule has 4 rings (SSSR count). The maximum atomic E-state index is 5.73. The lowest BCUT2D eigenvalue weighted by molar-refractivity contribution is 0.0536. The van der Waals surface area contributed by atoms with Crippen molar-refractivity contribution >= 4 is 17.0 Å². The first-order valence-corrected chi connectivity index (χ1v) is 11.8. The molecular formula is C26H35N5O2. The molecule has 1 saturated heterocycles. The number of nitrogens with one attached hydrogen (secondary N) is 1. The molecule has 7 heteroatoms. The molecule has 0 amide bonds. The second-order valence-corrected chi connectivity index (χ2v) is 8.52. The molecule has 0 aliphatic carbocycles. The fourth-order valence-electron chi connectivity index (χ4n) is 4.23. The quantitative estimate of drug-likeness (QED) is 0.291. The zero-order valence-electron chi connectivity index (χ0n) is 19.7. The number of aliphatic imine (C=N–C) groups is 1. The highest BCUT2D eigenvalue weighted by Crippen LogP contribution is 2.18. The molecule has 1 aliphatic rings. The fourth-order valence-corrected chi connectivity index (χ4v) is 4.23. The zero-order chi connectivity index (χ0) is 22.9. The number of fused-ring (bicyclic) bond motifs is 1. The molecule has 0 bridgehead atoms. The van der Waals surface area contributed by atoms with E-state index in [4.69, 9.17) is 14.5 Å². The minimum Gasteiger partial charge on any atom is -0.382 e. The first kappa shape index (κ1) is 23.3. The van der Waals surface area contributed by atoms with Crippen LogP contribution in [-0.4, -0.2) is 67.0 Å². The van der Waals surface area contributed by atoms with E-state index in [0.29, 0.717) is 25.7 Å². The summed E-state index contributed by atoms with van der Waals surface area (Å²) in [6.45, 7) is 8.56. The summed E-state index contributed by atoms with van der Waals surface area (Å²) in [7, 11) is 1.70. The molecule has 1 aromatic heterocycles. The summed E-state index contributed by atoms with van der Waals surface area (Å²) in [6, 6.07) is 17.0. The highest BCUT2D eigenvalue weighted by Gasteiger charge is 2.24. The smallest absolute Gasteiger partial charge is 0.194 e. The largest absolute Gasteiger partial charge is 0.382 e. The van der Waals surface area contributed by atoms with E-state index in [2.05, 4.69) is 63.1 Å². The number of hydrogen-bond acceptors (Lipinski definition) is 4. The third kappa shape index (κ3) is 6.33. The second-order valence-electron chi connectivity index (χ2n) is 8.52. The van der Waals surface area contributed by atoms with E-state index in [0.717, 1.165) is 56.2 Å². The molecule has 1 fully saturated rings. The van der Waals surface area contributed by atoms with Gasteiger partial charge in [0.2, 0.25) is 0 Å². The van der Waals surface area contributed by atoms with Gasteiger partial charge >= 0.3 is 0 Å². The van der Waals surface area contributed by atoms with Crippen molar-refractivity contribution in [1.82, 2.24) is 19.8 Å². The molecule has 1 unspecified atom stereocenters. The maximum Gasteiger partial charge on any atom is 0.194 e. The van der Waals surface area contributed by atoms with Gasteiger partial charge in [-0.15, -0.1) is 0 Å². The highest BCUT2D eigenvalue weighted by atomic mass is 16.5. The SMILES string of the molecule is CCNC(=NCc1ccc(Cn2cnc3ccccc32)cc1)N1CCC(COCCOC)C1. The summed E-state index contributed by atoms with van der Waals surface area (Å²) in [5.74, 6) is 1.54. The van der Waals surface area contributed by atoms with Crippen LogP contribution in [0.3, 0.4) is 0 Å². The van der Waals surface area contributed by atoms with Crippen LogP contribution in [0.5, 0.6) is 0 Å². The average molecular weight is 450 g/mol. The number of imidazole rings is 1. The Hall–Kier alpha value is -2.90. The molecule has 1 aliphatic heterocycles. The van der Waals surface area contributed by atoms with Crippen molar-refractivity contribution in [3.05, 3.63) is 66.0 Å². The number of aromatic nitrogens is 2. The summed E-state index contributed by atoms with van der Waals surface area (Å²) in [4.78, 5) is 11.8. The Morgan fingerprint density at radius 1 is 1.12 bits per heavy atom. The van der Waals surface area contributed by atoms with E-state index in [1.54, 1.807) is 7.11 Å². The molecule has 176 valence electrons. The summed E-state index contributed by atoms with van der Waals surface area (Å²) >= 11 is 0. The summed E-state index contributed by atoms with van der Waals surface area (Å²) < 4.78 is 13.0. The minimum absolute atomic E-state index is 0.546. The first-order chi connectivity index (χ1) is 16.3. The van der Waals surface area contributed by atoms with Gasteiger partial charge in [0, 0.05) is 39.2 Å². The minimum atomic E-state index is 0.546. The third-order valence-electron chi connectivity index (χ3n) is 6.02. The van der Waals surface area contributed by atoms with Crippen LogP contribution in [0.2, 0.25) is 0 Å². The predicted octanol–water partition coefficient (Wildman–Crippen LogP) is 3.54. The predicted molar refractivity (Wildman–Crippen MR) is 132 cm³/mol. The van der Waals surface area contributed by atoms with Crippen LogP contribution in [0.25, 0.3) is 11.0 Å². The highest BCUT2D eigenvalue weighted by molar-refractivity contribution is 5.80. The molecule has 0 spiro atoms. The topological polar surface area (TPSA) is 63.9 Å². The van der Waals surface area contributed by atoms with E-state index < -0.39 is 0 Å². The van der Waals surface area contributed by atoms with Crippen molar-refractivity contribution in [2.24, 2.45) is 10.9 Å². The van der Waals surface area contributed by atoms with Gasteiger partial charge < -0.3 is 24.3 Å². The van der Waals surface area contributed by atoms with Gasteiger partial charge in [-0.05, 0) is 36.6 Å². The number of para-hydroxylation sites is 2. The molecule has 7 nitrogen and oxygen atoms in total. The van der Waals surface area contributed by atoms with Crippen LogP contribution in [-0.2, 0) is 22.6 Å². The van der Waals surface area contributed by atoms with Gasteiger partial charge in [-0.1, -0.05) is 36.4 Å². The van der Waals surface area contributed by atoms with Gasteiger partial charge in [0.25, 0.3) is 0 Å². The number of hydrogen-bond donors (Lipinski definition) is 1. The Labute approximate surface area is 196 Å². The van der Waals surface area contributed by atoms with E-state index in [-0.39, 0.29) is 0 Å². The van der Waals surface area contributed by atoms with Crippen molar-refractivity contribution in [3.8, 4) is 0 Å². The van der Waals surface area contributed by atoms with Crippen molar-refractivity contribution in [2.45, 2.75) is 26.4 Å². The van der Waals surface area contributed by atoms with Gasteiger partial charge in [-0.25, -0.2) is 9.98 Å². The fraction of sp³-hybridized carbons (Fsp3) is 0.462. The average Bonchev–Trinajstić information content (AvgIpc) is 3.48. The van der Waals surface area contributed by atoms with Crippen LogP contribution in [0.15, 0.2) is 59.9 Å². The number of guanidine groups is 1. The third-order valence-corrected chi connectivity index (χ3v) is 6.02. The summed E-state index contributed by atoms with van der Waals surface area (Å²) in [5, 5.41) is 3.45. The Balaban J connectivity index is 1.32. The Bertz CT molecular complexity index is 1030. The maximum absolute atomic E-state index is 5.73. The lowest BCUT2D eigenvalue weighted by atomic mass is 10.1. The Kier molecular flexibility index (Phi) is 8.33. The van der Waals surface area contributed by atoms with Gasteiger partial charge in [-0.2, -0.15) is 0 Å². The lowest BCUT2D eigenvalue weighted by Crippen LogP contribution is -2.40. The normalized spacial score (nSPS) is 16.6. The van der Waals surface area contributed by atoms with Crippen LogP contribution in [0.1, 0.15) is 24.5 Å². The first-order valence-electron chi connectivity index (χ1n) is 11.8. The zero-order valence-corrected chi connectivity index (χ0v) is 19.7. The molecule has 0 saturated carbocycles. The standard InChI is InChI=1S/C26H35N5O2/c1-3-27-26(30-13-12-23(18-30)19-33-15-14-32-2)28-16-21-8-10-22(11-9-21)17-31-20-29-24-6-4-5-7-25(24)31/h4-11,20,23H,3,12-19H2,1-2H3,(H,27,28). The monoisotopic (exact) mass is 449 g/mol. The van der Waals surface area contributed by atoms with Gasteiger partial charge in [-0.3, -0.25) is 0 Å². The molecule has 2 aromatic carbocycles. The van der Waals surface area contributed by atoms with Crippen LogP contribution in [0.4, 0.5) is 0 Å². The van der Waals surface area contributed by atoms with Gasteiger partial charge in [0.05, 0.1) is 43.7 Å². The molecule has 3 aromatic rings. The number of likely N-dealkylation sites (tertiary alicyclic amines) is 1. The number of ether oxygens (including phenoxy) is 2. The summed E-state index contributed by atoms with van der Waals surface area (Å²) in [5.41, 5.74) is 4.66. The Morgan fingerprint density at radius 2 is 1.94 bits per heavy atom. The van der Waals surface area contributed by atoms with E-state index in [1.165, 1.54) is 11.1 Å².